The predicted molar refractivity (Wildman–Crippen MR) is 57.8 cm³/mol. The minimum absolute atomic E-state index is 0.393. The quantitative estimate of drug-likeness (QED) is 0.666. The maximum absolute atomic E-state index is 4.63. The normalized spacial score (nSPS) is 11.7. The van der Waals surface area contributed by atoms with E-state index >= 15 is 0 Å². The van der Waals surface area contributed by atoms with E-state index in [-0.39, 0.29) is 0 Å². The summed E-state index contributed by atoms with van der Waals surface area (Å²) in [5.74, 6) is 2.28. The molecule has 1 aromatic heterocycles. The second-order valence-corrected chi connectivity index (χ2v) is 4.84. The third kappa shape index (κ3) is 1.66. The van der Waals surface area contributed by atoms with Gasteiger partial charge in [0.05, 0.1) is 0 Å². The van der Waals surface area contributed by atoms with Gasteiger partial charge in [-0.25, -0.2) is 4.75 Å². The Hall–Kier alpha value is -1.07. The van der Waals surface area contributed by atoms with Gasteiger partial charge in [-0.3, -0.25) is 0 Å². The van der Waals surface area contributed by atoms with E-state index in [2.05, 4.69) is 48.7 Å². The number of nitrogens with zero attached hydrogens (tertiary/aromatic N) is 1. The Morgan fingerprint density at radius 2 is 1.77 bits per heavy atom. The third-order valence-electron chi connectivity index (χ3n) is 2.17. The molecule has 0 amide bonds. The van der Waals surface area contributed by atoms with Crippen molar-refractivity contribution < 1.29 is 0 Å². The molecule has 1 heterocycles. The van der Waals surface area contributed by atoms with E-state index in [9.17, 15) is 0 Å². The van der Waals surface area contributed by atoms with Crippen LogP contribution < -0.4 is 0 Å². The van der Waals surface area contributed by atoms with Crippen molar-refractivity contribution in [3.8, 4) is 5.30 Å². The lowest BCUT2D eigenvalue weighted by Crippen LogP contribution is -1.70. The Kier molecular flexibility index (Phi) is 2.20. The molecule has 1 nitrogen and oxygen atoms in total. The molecule has 2 aromatic rings. The van der Waals surface area contributed by atoms with Gasteiger partial charge in [-0.05, 0) is 37.3 Å². The fourth-order valence-corrected chi connectivity index (χ4v) is 3.09. The molecule has 1 atom stereocenters. The van der Waals surface area contributed by atoms with E-state index in [0.29, 0.717) is 0 Å². The number of hydrogen-bond acceptors (Lipinski definition) is 1. The molecule has 0 bridgehead atoms. The Morgan fingerprint density at radius 1 is 1.08 bits per heavy atom. The van der Waals surface area contributed by atoms with Crippen LogP contribution in [0.5, 0.6) is 0 Å². The monoisotopic (exact) mass is 189 g/mol. The highest BCUT2D eigenvalue weighted by Crippen LogP contribution is 2.37. The lowest BCUT2D eigenvalue weighted by atomic mass is 10.3. The summed E-state index contributed by atoms with van der Waals surface area (Å²) in [5, 5.41) is 1.34. The van der Waals surface area contributed by atoms with Crippen LogP contribution in [0, 0.1) is 13.8 Å². The second kappa shape index (κ2) is 3.35. The lowest BCUT2D eigenvalue weighted by molar-refractivity contribution is 1.27. The molecule has 0 aliphatic carbocycles. The number of rotatable bonds is 1. The van der Waals surface area contributed by atoms with Crippen LogP contribution in [0.3, 0.4) is 0 Å². The Balaban J connectivity index is 2.48. The highest BCUT2D eigenvalue weighted by Gasteiger charge is 2.02. The van der Waals surface area contributed by atoms with Gasteiger partial charge in [0.1, 0.15) is 0 Å². The van der Waals surface area contributed by atoms with Crippen LogP contribution in [0.25, 0.3) is 5.30 Å². The largest absolute Gasteiger partial charge is 0.237 e. The molecule has 0 fully saturated rings. The van der Waals surface area contributed by atoms with Crippen molar-refractivity contribution in [2.45, 2.75) is 13.8 Å². The molecular weight excluding hydrogens is 177 g/mol. The smallest absolute Gasteiger partial charge is 0.0451 e. The minimum Gasteiger partial charge on any atom is -0.237 e. The summed E-state index contributed by atoms with van der Waals surface area (Å²) in [5.41, 5.74) is 2.52. The molecule has 13 heavy (non-hydrogen) atoms. The SMILES string of the molecule is Cc1cp(-c2ccccc2)nc1C. The molecule has 0 aliphatic heterocycles. The highest BCUT2D eigenvalue weighted by atomic mass is 31.1. The van der Waals surface area contributed by atoms with E-state index in [4.69, 9.17) is 0 Å². The van der Waals surface area contributed by atoms with Crippen LogP contribution in [-0.4, -0.2) is 4.75 Å². The van der Waals surface area contributed by atoms with Gasteiger partial charge >= 0.3 is 0 Å². The fraction of sp³-hybridized carbons (Fsp3) is 0.182. The van der Waals surface area contributed by atoms with Gasteiger partial charge in [-0.15, -0.1) is 0 Å². The van der Waals surface area contributed by atoms with Crippen LogP contribution in [0.2, 0.25) is 0 Å². The first-order chi connectivity index (χ1) is 6.27. The van der Waals surface area contributed by atoms with Crippen molar-refractivity contribution in [2.75, 3.05) is 0 Å². The van der Waals surface area contributed by atoms with Gasteiger partial charge in [0.2, 0.25) is 0 Å². The van der Waals surface area contributed by atoms with Crippen molar-refractivity contribution in [2.24, 2.45) is 0 Å². The van der Waals surface area contributed by atoms with Crippen LogP contribution >= 0.6 is 7.69 Å². The molecule has 0 N–H and O–H groups in total. The van der Waals surface area contributed by atoms with Gasteiger partial charge < -0.3 is 0 Å². The molecule has 2 rings (SSSR count). The van der Waals surface area contributed by atoms with Crippen molar-refractivity contribution in [1.82, 2.24) is 4.75 Å². The summed E-state index contributed by atoms with van der Waals surface area (Å²) in [4.78, 5) is 0. The molecule has 0 spiro atoms. The van der Waals surface area contributed by atoms with Crippen molar-refractivity contribution in [1.29, 1.82) is 0 Å². The zero-order valence-electron chi connectivity index (χ0n) is 7.86. The highest BCUT2D eigenvalue weighted by molar-refractivity contribution is 7.52. The molecule has 0 saturated heterocycles. The number of benzene rings is 1. The van der Waals surface area contributed by atoms with Crippen molar-refractivity contribution in [3.63, 3.8) is 0 Å². The van der Waals surface area contributed by atoms with Crippen LogP contribution in [0.15, 0.2) is 36.1 Å². The maximum Gasteiger partial charge on any atom is 0.0451 e. The summed E-state index contributed by atoms with van der Waals surface area (Å²) in [6, 6.07) is 10.5. The molecule has 0 radical (unpaired) electrons. The Bertz CT molecular complexity index is 384. The van der Waals surface area contributed by atoms with Crippen molar-refractivity contribution >= 4 is 7.69 Å². The van der Waals surface area contributed by atoms with Crippen LogP contribution in [-0.2, 0) is 0 Å². The van der Waals surface area contributed by atoms with Gasteiger partial charge in [0, 0.05) is 18.7 Å². The Morgan fingerprint density at radius 3 is 2.31 bits per heavy atom. The molecule has 1 unspecified atom stereocenters. The van der Waals surface area contributed by atoms with Crippen LogP contribution in [0.4, 0.5) is 0 Å². The summed E-state index contributed by atoms with van der Waals surface area (Å²) in [7, 11) is -0.393. The standard InChI is InChI=1S/C11H12NP/c1-9-8-13(12-10(9)2)11-6-4-3-5-7-11/h3-8H,1-2H3. The first-order valence-corrected chi connectivity index (χ1v) is 5.72. The van der Waals surface area contributed by atoms with E-state index in [1.165, 1.54) is 16.6 Å². The zero-order chi connectivity index (χ0) is 9.26. The summed E-state index contributed by atoms with van der Waals surface area (Å²) >= 11 is 0. The predicted octanol–water partition coefficient (Wildman–Crippen LogP) is 3.67. The minimum atomic E-state index is -0.393. The summed E-state index contributed by atoms with van der Waals surface area (Å²) in [6.07, 6.45) is 0. The third-order valence-corrected chi connectivity index (χ3v) is 4.14. The average molecular weight is 189 g/mol. The fourth-order valence-electron chi connectivity index (χ4n) is 1.26. The summed E-state index contributed by atoms with van der Waals surface area (Å²) in [6.45, 7) is 4.21. The first kappa shape index (κ1) is 8.52. The second-order valence-electron chi connectivity index (χ2n) is 3.18. The van der Waals surface area contributed by atoms with Gasteiger partial charge in [0.15, 0.2) is 0 Å². The average Bonchev–Trinajstić information content (AvgIpc) is 2.49. The van der Waals surface area contributed by atoms with Gasteiger partial charge in [-0.2, -0.15) is 0 Å². The molecule has 0 aliphatic rings. The topological polar surface area (TPSA) is 12.9 Å². The summed E-state index contributed by atoms with van der Waals surface area (Å²) < 4.78 is 4.63. The number of hydrogen-bond donors (Lipinski definition) is 0. The lowest BCUT2D eigenvalue weighted by Gasteiger charge is -1.94. The first-order valence-electron chi connectivity index (χ1n) is 4.35. The molecule has 1 aromatic carbocycles. The zero-order valence-corrected chi connectivity index (χ0v) is 8.75. The number of aromatic nitrogens is 1. The molecular formula is C11H12NP. The van der Waals surface area contributed by atoms with E-state index in [0.717, 1.165) is 0 Å². The molecule has 66 valence electrons. The molecule has 2 heteroatoms. The maximum atomic E-state index is 4.63. The number of aryl methyl sites for hydroxylation is 2. The van der Waals surface area contributed by atoms with Gasteiger partial charge in [0.25, 0.3) is 0 Å². The van der Waals surface area contributed by atoms with E-state index in [1.807, 2.05) is 6.07 Å². The van der Waals surface area contributed by atoms with Crippen LogP contribution in [0.1, 0.15) is 11.3 Å². The van der Waals surface area contributed by atoms with Crippen molar-refractivity contribution in [3.05, 3.63) is 47.4 Å². The van der Waals surface area contributed by atoms with E-state index in [1.54, 1.807) is 0 Å². The van der Waals surface area contributed by atoms with E-state index < -0.39 is 7.69 Å². The molecule has 0 saturated carbocycles. The Labute approximate surface area is 79.6 Å². The van der Waals surface area contributed by atoms with Gasteiger partial charge in [-0.1, -0.05) is 18.2 Å².